The summed E-state index contributed by atoms with van der Waals surface area (Å²) in [5, 5.41) is 10.9. The third kappa shape index (κ3) is 3.30. The zero-order valence-electron chi connectivity index (χ0n) is 8.28. The van der Waals surface area contributed by atoms with Gasteiger partial charge in [-0.1, -0.05) is 11.2 Å². The van der Waals surface area contributed by atoms with Crippen molar-refractivity contribution in [3.63, 3.8) is 0 Å². The zero-order valence-corrected chi connectivity index (χ0v) is 8.28. The highest BCUT2D eigenvalue weighted by atomic mass is 19.2. The number of carbonyl (C=O) groups excluding carboxylic acids is 1. The van der Waals surface area contributed by atoms with E-state index in [1.807, 2.05) is 0 Å². The normalized spacial score (nSPS) is 11.5. The van der Waals surface area contributed by atoms with Crippen molar-refractivity contribution in [1.82, 2.24) is 0 Å². The van der Waals surface area contributed by atoms with Crippen LogP contribution in [0.3, 0.4) is 0 Å². The van der Waals surface area contributed by atoms with Crippen LogP contribution in [0.5, 0.6) is 0 Å². The molecule has 0 aliphatic heterocycles. The van der Waals surface area contributed by atoms with Gasteiger partial charge in [-0.15, -0.1) is 0 Å². The van der Waals surface area contributed by atoms with E-state index in [4.69, 9.17) is 10.9 Å². The molecule has 6 heteroatoms. The van der Waals surface area contributed by atoms with E-state index in [1.165, 1.54) is 6.07 Å². The summed E-state index contributed by atoms with van der Waals surface area (Å²) in [5.74, 6) is -2.53. The Bertz CT molecular complexity index is 433. The number of benzene rings is 1. The van der Waals surface area contributed by atoms with Crippen LogP contribution in [0.25, 0.3) is 0 Å². The van der Waals surface area contributed by atoms with Gasteiger partial charge in [0.2, 0.25) is 0 Å². The fourth-order valence-corrected chi connectivity index (χ4v) is 1.18. The summed E-state index contributed by atoms with van der Waals surface area (Å²) in [6.07, 6.45) is -0.317. The number of rotatable bonds is 4. The number of ketones is 1. The minimum Gasteiger partial charge on any atom is -0.409 e. The molecule has 0 saturated heterocycles. The Hall–Kier alpha value is -1.98. The quantitative estimate of drug-likeness (QED) is 0.352. The van der Waals surface area contributed by atoms with Gasteiger partial charge < -0.3 is 10.9 Å². The standard InChI is InChI=1S/C10H10F2N2O2/c11-8-2-1-6(4-9(8)12)3-7(15)5-10(13)14-16/h1-2,4,16H,3,5H2,(H2,13,14). The predicted octanol–water partition coefficient (Wildman–Crippen LogP) is 1.21. The highest BCUT2D eigenvalue weighted by molar-refractivity contribution is 6.00. The Labute approximate surface area is 90.4 Å². The molecular formula is C10H10F2N2O2. The molecule has 0 aliphatic carbocycles. The van der Waals surface area contributed by atoms with Gasteiger partial charge in [-0.25, -0.2) is 8.78 Å². The summed E-state index contributed by atoms with van der Waals surface area (Å²) < 4.78 is 25.4. The van der Waals surface area contributed by atoms with Crippen molar-refractivity contribution in [3.05, 3.63) is 35.4 Å². The molecule has 1 aromatic rings. The number of hydrogen-bond donors (Lipinski definition) is 2. The number of nitrogens with zero attached hydrogens (tertiary/aromatic N) is 1. The molecule has 0 aliphatic rings. The van der Waals surface area contributed by atoms with Crippen LogP contribution in [0, 0.1) is 11.6 Å². The minimum absolute atomic E-state index is 0.0899. The van der Waals surface area contributed by atoms with Gasteiger partial charge in [0.15, 0.2) is 11.6 Å². The van der Waals surface area contributed by atoms with Gasteiger partial charge in [0.05, 0.1) is 6.42 Å². The van der Waals surface area contributed by atoms with E-state index in [1.54, 1.807) is 0 Å². The summed E-state index contributed by atoms with van der Waals surface area (Å²) >= 11 is 0. The topological polar surface area (TPSA) is 75.7 Å². The van der Waals surface area contributed by atoms with E-state index >= 15 is 0 Å². The summed E-state index contributed by atoms with van der Waals surface area (Å²) in [5.41, 5.74) is 5.47. The van der Waals surface area contributed by atoms with E-state index < -0.39 is 11.6 Å². The Morgan fingerprint density at radius 2 is 2.06 bits per heavy atom. The lowest BCUT2D eigenvalue weighted by Crippen LogP contribution is -2.18. The third-order valence-electron chi connectivity index (χ3n) is 1.89. The highest BCUT2D eigenvalue weighted by Crippen LogP contribution is 2.09. The maximum Gasteiger partial charge on any atom is 0.159 e. The van der Waals surface area contributed by atoms with Gasteiger partial charge >= 0.3 is 0 Å². The Morgan fingerprint density at radius 3 is 2.62 bits per heavy atom. The van der Waals surface area contributed by atoms with Crippen molar-refractivity contribution in [2.45, 2.75) is 12.8 Å². The number of Topliss-reactive ketones (excluding diaryl/α,β-unsaturated/α-hetero) is 1. The van der Waals surface area contributed by atoms with Gasteiger partial charge in [-0.3, -0.25) is 4.79 Å². The second-order valence-electron chi connectivity index (χ2n) is 3.23. The Balaban J connectivity index is 2.66. The van der Waals surface area contributed by atoms with Crippen molar-refractivity contribution in [2.24, 2.45) is 10.9 Å². The predicted molar refractivity (Wildman–Crippen MR) is 53.1 cm³/mol. The van der Waals surface area contributed by atoms with Crippen molar-refractivity contribution in [3.8, 4) is 0 Å². The molecule has 0 aromatic heterocycles. The van der Waals surface area contributed by atoms with Crippen molar-refractivity contribution >= 4 is 11.6 Å². The molecule has 1 aromatic carbocycles. The first-order valence-electron chi connectivity index (χ1n) is 4.45. The number of halogens is 2. The fourth-order valence-electron chi connectivity index (χ4n) is 1.18. The van der Waals surface area contributed by atoms with E-state index in [9.17, 15) is 13.6 Å². The first kappa shape index (κ1) is 12.1. The second-order valence-corrected chi connectivity index (χ2v) is 3.23. The molecule has 0 bridgehead atoms. The van der Waals surface area contributed by atoms with E-state index in [0.717, 1.165) is 12.1 Å². The van der Waals surface area contributed by atoms with E-state index in [0.29, 0.717) is 5.56 Å². The molecule has 0 spiro atoms. The molecule has 0 heterocycles. The number of hydrogen-bond acceptors (Lipinski definition) is 3. The van der Waals surface area contributed by atoms with Crippen molar-refractivity contribution < 1.29 is 18.8 Å². The highest BCUT2D eigenvalue weighted by Gasteiger charge is 2.09. The van der Waals surface area contributed by atoms with Crippen molar-refractivity contribution in [1.29, 1.82) is 0 Å². The first-order valence-corrected chi connectivity index (χ1v) is 4.45. The Morgan fingerprint density at radius 1 is 1.38 bits per heavy atom. The summed E-state index contributed by atoms with van der Waals surface area (Å²) in [4.78, 5) is 11.3. The molecule has 0 atom stereocenters. The summed E-state index contributed by atoms with van der Waals surface area (Å²) in [6.45, 7) is 0. The fraction of sp³-hybridized carbons (Fsp3) is 0.200. The van der Waals surface area contributed by atoms with Crippen LogP contribution in [0.2, 0.25) is 0 Å². The first-order chi connectivity index (χ1) is 7.52. The number of nitrogens with two attached hydrogens (primary N) is 1. The van der Waals surface area contributed by atoms with Crippen LogP contribution in [0.1, 0.15) is 12.0 Å². The second kappa shape index (κ2) is 5.20. The van der Waals surface area contributed by atoms with Gasteiger partial charge in [0, 0.05) is 6.42 Å². The SMILES string of the molecule is N/C(CC(=O)Cc1ccc(F)c(F)c1)=N\O. The molecule has 0 amide bonds. The molecule has 0 radical (unpaired) electrons. The molecule has 16 heavy (non-hydrogen) atoms. The average Bonchev–Trinajstić information content (AvgIpc) is 2.23. The lowest BCUT2D eigenvalue weighted by atomic mass is 10.1. The molecule has 0 fully saturated rings. The molecule has 1 rings (SSSR count). The van der Waals surface area contributed by atoms with Crippen molar-refractivity contribution in [2.75, 3.05) is 0 Å². The van der Waals surface area contributed by atoms with E-state index in [-0.39, 0.29) is 24.5 Å². The molecule has 0 unspecified atom stereocenters. The zero-order chi connectivity index (χ0) is 12.1. The van der Waals surface area contributed by atoms with Gasteiger partial charge in [-0.05, 0) is 17.7 Å². The summed E-state index contributed by atoms with van der Waals surface area (Å²) in [7, 11) is 0. The maximum absolute atomic E-state index is 12.8. The number of carbonyl (C=O) groups is 1. The van der Waals surface area contributed by atoms with Crippen LogP contribution in [0.4, 0.5) is 8.78 Å². The van der Waals surface area contributed by atoms with Gasteiger partial charge in [-0.2, -0.15) is 0 Å². The largest absolute Gasteiger partial charge is 0.409 e. The van der Waals surface area contributed by atoms with Gasteiger partial charge in [0.25, 0.3) is 0 Å². The van der Waals surface area contributed by atoms with Crippen LogP contribution >= 0.6 is 0 Å². The molecular weight excluding hydrogens is 218 g/mol. The van der Waals surface area contributed by atoms with E-state index in [2.05, 4.69) is 5.16 Å². The van der Waals surface area contributed by atoms with Crippen LogP contribution in [-0.4, -0.2) is 16.8 Å². The molecule has 3 N–H and O–H groups in total. The monoisotopic (exact) mass is 228 g/mol. The Kier molecular flexibility index (Phi) is 3.93. The third-order valence-corrected chi connectivity index (χ3v) is 1.89. The number of oxime groups is 1. The molecule has 86 valence electrons. The van der Waals surface area contributed by atoms with Crippen LogP contribution in [-0.2, 0) is 11.2 Å². The average molecular weight is 228 g/mol. The number of amidine groups is 1. The van der Waals surface area contributed by atoms with Gasteiger partial charge in [0.1, 0.15) is 11.6 Å². The maximum atomic E-state index is 12.8. The minimum atomic E-state index is -1.01. The summed E-state index contributed by atoms with van der Waals surface area (Å²) in [6, 6.07) is 3.20. The van der Waals surface area contributed by atoms with Crippen LogP contribution < -0.4 is 5.73 Å². The molecule has 4 nitrogen and oxygen atoms in total. The lowest BCUT2D eigenvalue weighted by molar-refractivity contribution is -0.117. The molecule has 0 saturated carbocycles. The smallest absolute Gasteiger partial charge is 0.159 e. The lowest BCUT2D eigenvalue weighted by Gasteiger charge is -2.01. The van der Waals surface area contributed by atoms with Crippen LogP contribution in [0.15, 0.2) is 23.4 Å².